The van der Waals surface area contributed by atoms with Gasteiger partial charge in [0.1, 0.15) is 0 Å². The van der Waals surface area contributed by atoms with Gasteiger partial charge < -0.3 is 4.57 Å². The van der Waals surface area contributed by atoms with E-state index >= 15 is 0 Å². The molecule has 0 saturated carbocycles. The summed E-state index contributed by atoms with van der Waals surface area (Å²) in [6, 6.07) is 43.4. The Hall–Kier alpha value is -6.44. The third kappa shape index (κ3) is 4.33. The van der Waals surface area contributed by atoms with E-state index in [0.717, 1.165) is 6.42 Å². The molecule has 0 unspecified atom stereocenters. The Kier molecular flexibility index (Phi) is 6.64. The van der Waals surface area contributed by atoms with Crippen molar-refractivity contribution in [1.29, 1.82) is 0 Å². The number of benzene rings is 7. The van der Waals surface area contributed by atoms with E-state index in [1.54, 1.807) is 0 Å². The molecule has 0 N–H and O–H groups in total. The van der Waals surface area contributed by atoms with Gasteiger partial charge in [0.25, 0.3) is 0 Å². The summed E-state index contributed by atoms with van der Waals surface area (Å²) in [4.78, 5) is 0. The molecule has 1 heterocycles. The van der Waals surface area contributed by atoms with Crippen LogP contribution in [0.4, 0.5) is 0 Å². The SMILES string of the molecule is C\C1=C/C=C\C=C\c2ccc(-c3ccc4cc(-n5c6ccccc6c6c7ccccc7c7c(c65)C5=C(C=CCC=C5)C7(C)C)ccc4c3)c3cccc1c23. The highest BCUT2D eigenvalue weighted by Crippen LogP contribution is 2.55. The lowest BCUT2D eigenvalue weighted by atomic mass is 9.78. The highest BCUT2D eigenvalue weighted by atomic mass is 15.0. The summed E-state index contributed by atoms with van der Waals surface area (Å²) in [6.07, 6.45) is 21.2. The van der Waals surface area contributed by atoms with Gasteiger partial charge >= 0.3 is 0 Å². The quantitative estimate of drug-likeness (QED) is 0.170. The predicted molar refractivity (Wildman–Crippen MR) is 233 cm³/mol. The molecule has 0 amide bonds. The van der Waals surface area contributed by atoms with E-state index in [1.165, 1.54) is 110 Å². The first kappa shape index (κ1) is 31.1. The molecule has 3 aliphatic rings. The minimum absolute atomic E-state index is 0.133. The topological polar surface area (TPSA) is 4.93 Å². The molecule has 54 heavy (non-hydrogen) atoms. The van der Waals surface area contributed by atoms with Crippen LogP contribution in [0.5, 0.6) is 0 Å². The minimum Gasteiger partial charge on any atom is -0.309 e. The summed E-state index contributed by atoms with van der Waals surface area (Å²) >= 11 is 0. The smallest absolute Gasteiger partial charge is 0.0629 e. The monoisotopic (exact) mass is 689 g/mol. The molecular formula is C53H39N. The normalized spacial score (nSPS) is 18.0. The molecule has 1 heteroatoms. The van der Waals surface area contributed by atoms with Crippen molar-refractivity contribution < 1.29 is 0 Å². The van der Waals surface area contributed by atoms with E-state index < -0.39 is 0 Å². The zero-order valence-corrected chi connectivity index (χ0v) is 30.8. The number of rotatable bonds is 2. The Bertz CT molecular complexity index is 3140. The summed E-state index contributed by atoms with van der Waals surface area (Å²) in [5.74, 6) is 0. The summed E-state index contributed by atoms with van der Waals surface area (Å²) in [7, 11) is 0. The standard InChI is InChI=1S/C53H39N/c1-33-15-6-4-7-16-34-28-30-40(41-22-14-21-39(33)48(34)41)37-26-25-36-32-38(29-27-35(36)31-37)54-47-24-13-12-20-45(47)49-42-17-10-11-18-43(42)51-50(52(49)54)44-19-8-5-9-23-46(44)53(51,2)3/h4,6-32H,5H2,1-3H3/b6-4-,16-7+,33-15+. The van der Waals surface area contributed by atoms with Gasteiger partial charge in [-0.05, 0) is 114 Å². The van der Waals surface area contributed by atoms with Gasteiger partial charge in [-0.2, -0.15) is 0 Å². The third-order valence-electron chi connectivity index (χ3n) is 12.3. The largest absolute Gasteiger partial charge is 0.309 e. The van der Waals surface area contributed by atoms with E-state index in [1.807, 2.05) is 0 Å². The second-order valence-electron chi connectivity index (χ2n) is 15.6. The van der Waals surface area contributed by atoms with Gasteiger partial charge in [0.2, 0.25) is 0 Å². The van der Waals surface area contributed by atoms with Crippen molar-refractivity contribution >= 4 is 71.3 Å². The Morgan fingerprint density at radius 3 is 2.28 bits per heavy atom. The van der Waals surface area contributed by atoms with Gasteiger partial charge in [0, 0.05) is 27.4 Å². The number of hydrogen-bond donors (Lipinski definition) is 0. The van der Waals surface area contributed by atoms with Crippen molar-refractivity contribution in [1.82, 2.24) is 4.57 Å². The van der Waals surface area contributed by atoms with Gasteiger partial charge in [-0.15, -0.1) is 0 Å². The van der Waals surface area contributed by atoms with E-state index in [2.05, 4.69) is 195 Å². The lowest BCUT2D eigenvalue weighted by Gasteiger charge is -2.25. The number of fused-ring (bicyclic) bond motifs is 10. The molecule has 8 aromatic rings. The van der Waals surface area contributed by atoms with Crippen LogP contribution in [0.3, 0.4) is 0 Å². The zero-order valence-electron chi connectivity index (χ0n) is 30.8. The highest BCUT2D eigenvalue weighted by Gasteiger charge is 2.40. The van der Waals surface area contributed by atoms with Gasteiger partial charge in [0.15, 0.2) is 0 Å². The van der Waals surface area contributed by atoms with Gasteiger partial charge in [-0.25, -0.2) is 0 Å². The van der Waals surface area contributed by atoms with Gasteiger partial charge in [-0.3, -0.25) is 0 Å². The van der Waals surface area contributed by atoms with Crippen LogP contribution >= 0.6 is 0 Å². The molecule has 0 fully saturated rings. The van der Waals surface area contributed by atoms with Gasteiger partial charge in [-0.1, -0.05) is 160 Å². The van der Waals surface area contributed by atoms with Crippen LogP contribution in [0, 0.1) is 0 Å². The summed E-state index contributed by atoms with van der Waals surface area (Å²) in [5, 5.41) is 10.4. The number of hydrogen-bond acceptors (Lipinski definition) is 0. The number of aromatic nitrogens is 1. The van der Waals surface area contributed by atoms with Crippen molar-refractivity contribution in [2.45, 2.75) is 32.6 Å². The highest BCUT2D eigenvalue weighted by molar-refractivity contribution is 6.26. The number of para-hydroxylation sites is 1. The predicted octanol–water partition coefficient (Wildman–Crippen LogP) is 14.5. The molecule has 1 nitrogen and oxygen atoms in total. The first-order chi connectivity index (χ1) is 26.5. The van der Waals surface area contributed by atoms with Crippen LogP contribution in [-0.4, -0.2) is 4.57 Å². The Labute approximate surface area is 315 Å². The molecule has 0 aliphatic heterocycles. The summed E-state index contributed by atoms with van der Waals surface area (Å²) < 4.78 is 2.55. The van der Waals surface area contributed by atoms with Gasteiger partial charge in [0.05, 0.1) is 11.0 Å². The maximum atomic E-state index is 2.55. The van der Waals surface area contributed by atoms with Crippen molar-refractivity contribution in [3.8, 4) is 16.8 Å². The third-order valence-corrected chi connectivity index (χ3v) is 12.3. The maximum absolute atomic E-state index is 2.55. The average Bonchev–Trinajstić information content (AvgIpc) is 3.53. The van der Waals surface area contributed by atoms with E-state index in [9.17, 15) is 0 Å². The maximum Gasteiger partial charge on any atom is 0.0629 e. The molecule has 256 valence electrons. The fourth-order valence-corrected chi connectivity index (χ4v) is 9.83. The molecule has 0 spiro atoms. The first-order valence-corrected chi connectivity index (χ1v) is 19.2. The van der Waals surface area contributed by atoms with Crippen LogP contribution in [0.15, 0.2) is 169 Å². The lowest BCUT2D eigenvalue weighted by molar-refractivity contribution is 0.660. The molecule has 1 aromatic heterocycles. The molecule has 11 rings (SSSR count). The van der Waals surface area contributed by atoms with Crippen molar-refractivity contribution in [2.24, 2.45) is 0 Å². The van der Waals surface area contributed by atoms with E-state index in [-0.39, 0.29) is 5.41 Å². The molecule has 0 atom stereocenters. The van der Waals surface area contributed by atoms with Crippen molar-refractivity contribution in [3.05, 3.63) is 192 Å². The number of allylic oxidation sites excluding steroid dienone is 11. The van der Waals surface area contributed by atoms with E-state index in [0.29, 0.717) is 0 Å². The van der Waals surface area contributed by atoms with Crippen LogP contribution < -0.4 is 0 Å². The molecule has 0 bridgehead atoms. The zero-order chi connectivity index (χ0) is 36.1. The molecule has 3 aliphatic carbocycles. The Balaban J connectivity index is 1.15. The Morgan fingerprint density at radius 1 is 0.593 bits per heavy atom. The molecule has 0 saturated heterocycles. The fraction of sp³-hybridized carbons (Fsp3) is 0.0943. The minimum atomic E-state index is -0.133. The van der Waals surface area contributed by atoms with Crippen molar-refractivity contribution in [2.75, 3.05) is 0 Å². The molecule has 0 radical (unpaired) electrons. The van der Waals surface area contributed by atoms with E-state index in [4.69, 9.17) is 0 Å². The van der Waals surface area contributed by atoms with Crippen LogP contribution in [0.2, 0.25) is 0 Å². The summed E-state index contributed by atoms with van der Waals surface area (Å²) in [6.45, 7) is 7.04. The van der Waals surface area contributed by atoms with Crippen LogP contribution in [-0.2, 0) is 5.41 Å². The summed E-state index contributed by atoms with van der Waals surface area (Å²) in [5.41, 5.74) is 15.5. The second kappa shape index (κ2) is 11.5. The lowest BCUT2D eigenvalue weighted by Crippen LogP contribution is -2.17. The Morgan fingerprint density at radius 2 is 1.37 bits per heavy atom. The number of nitrogens with zero attached hydrogens (tertiary/aromatic N) is 1. The average molecular weight is 690 g/mol. The molecule has 7 aromatic carbocycles. The second-order valence-corrected chi connectivity index (χ2v) is 15.6. The molecular weight excluding hydrogens is 651 g/mol. The van der Waals surface area contributed by atoms with Crippen LogP contribution in [0.1, 0.15) is 49.4 Å². The van der Waals surface area contributed by atoms with Crippen LogP contribution in [0.25, 0.3) is 88.2 Å². The first-order valence-electron chi connectivity index (χ1n) is 19.2. The van der Waals surface area contributed by atoms with Crippen molar-refractivity contribution in [3.63, 3.8) is 0 Å². The fourth-order valence-electron chi connectivity index (χ4n) is 9.83.